The minimum atomic E-state index is -4.44. The van der Waals surface area contributed by atoms with Crippen LogP contribution in [0.2, 0.25) is 0 Å². The van der Waals surface area contributed by atoms with Crippen LogP contribution in [-0.4, -0.2) is 32.6 Å². The minimum absolute atomic E-state index is 0. The van der Waals surface area contributed by atoms with E-state index < -0.39 is 16.3 Å². The Balaban J connectivity index is 0. The first-order valence-electron chi connectivity index (χ1n) is 2.73. The molecule has 6 nitrogen and oxygen atoms in total. The Morgan fingerprint density at radius 2 is 2.08 bits per heavy atom. The molecule has 0 aliphatic rings. The van der Waals surface area contributed by atoms with Gasteiger partial charge in [-0.3, -0.25) is 4.79 Å². The van der Waals surface area contributed by atoms with Gasteiger partial charge in [-0.05, 0) is 0 Å². The van der Waals surface area contributed by atoms with Crippen LogP contribution in [0.15, 0.2) is 0 Å². The second-order valence-corrected chi connectivity index (χ2v) is 2.87. The molecule has 0 rings (SSSR count). The Hall–Kier alpha value is 0.340. The smallest absolute Gasteiger partial charge is 0.735 e. The van der Waals surface area contributed by atoms with Crippen LogP contribution in [0, 0.1) is 0 Å². The molecule has 0 aromatic rings. The van der Waals surface area contributed by atoms with Crippen molar-refractivity contribution in [2.75, 3.05) is 13.7 Å². The Morgan fingerprint density at radius 1 is 1.58 bits per heavy atom. The van der Waals surface area contributed by atoms with Gasteiger partial charge in [0, 0.05) is 6.54 Å². The number of hydrogen-bond donors (Lipinski definition) is 1. The summed E-state index contributed by atoms with van der Waals surface area (Å²) in [5, 5.41) is 0. The van der Waals surface area contributed by atoms with Gasteiger partial charge in [-0.15, -0.1) is 0 Å². The van der Waals surface area contributed by atoms with E-state index >= 15 is 0 Å². The Labute approximate surface area is 92.8 Å². The van der Waals surface area contributed by atoms with Crippen LogP contribution in [0.25, 0.3) is 0 Å². The Morgan fingerprint density at radius 3 is 2.42 bits per heavy atom. The third kappa shape index (κ3) is 10.3. The molecule has 0 aliphatic carbocycles. The van der Waals surface area contributed by atoms with Gasteiger partial charge in [0.15, 0.2) is 10.3 Å². The van der Waals surface area contributed by atoms with Crippen LogP contribution in [0.4, 0.5) is 0 Å². The number of ether oxygens (including phenoxy) is 1. The molecular weight excluding hydrogens is 197 g/mol. The molecule has 8 heteroatoms. The molecule has 0 saturated carbocycles. The van der Waals surface area contributed by atoms with Gasteiger partial charge in [-0.2, -0.15) is 0 Å². The van der Waals surface area contributed by atoms with Gasteiger partial charge in [-0.1, -0.05) is 0 Å². The number of methoxy groups -OCH3 is 1. The second-order valence-electron chi connectivity index (χ2n) is 1.67. The van der Waals surface area contributed by atoms with E-state index in [0.717, 1.165) is 0 Å². The maximum Gasteiger partial charge on any atom is 1.00 e. The Bertz CT molecular complexity index is 226. The van der Waals surface area contributed by atoms with E-state index in [4.69, 9.17) is 0 Å². The summed E-state index contributed by atoms with van der Waals surface area (Å²) in [4.78, 5) is 10.3. The normalized spacial score (nSPS) is 10.2. The summed E-state index contributed by atoms with van der Waals surface area (Å²) in [6.07, 6.45) is -0.141. The fraction of sp³-hybridized carbons (Fsp3) is 0.750. The molecule has 0 heterocycles. The molecule has 0 radical (unpaired) electrons. The quantitative estimate of drug-likeness (QED) is 0.284. The molecule has 0 fully saturated rings. The van der Waals surface area contributed by atoms with Crippen molar-refractivity contribution in [1.82, 2.24) is 4.72 Å². The van der Waals surface area contributed by atoms with Crippen LogP contribution in [0.5, 0.6) is 0 Å². The number of hydrogen-bond acceptors (Lipinski definition) is 5. The van der Waals surface area contributed by atoms with E-state index in [1.165, 1.54) is 7.11 Å². The van der Waals surface area contributed by atoms with Crippen LogP contribution in [0.1, 0.15) is 6.42 Å². The van der Waals surface area contributed by atoms with E-state index in [-0.39, 0.29) is 42.5 Å². The van der Waals surface area contributed by atoms with E-state index in [1.54, 1.807) is 4.72 Å². The summed E-state index contributed by atoms with van der Waals surface area (Å²) in [7, 11) is -3.26. The second kappa shape index (κ2) is 6.81. The molecule has 0 aliphatic heterocycles. The molecule has 0 saturated heterocycles. The average molecular weight is 205 g/mol. The molecule has 0 aromatic carbocycles. The monoisotopic (exact) mass is 205 g/mol. The molecule has 0 spiro atoms. The predicted octanol–water partition coefficient (Wildman–Crippen LogP) is -4.40. The van der Waals surface area contributed by atoms with Crippen molar-refractivity contribution >= 4 is 16.3 Å². The third-order valence-electron chi connectivity index (χ3n) is 0.836. The van der Waals surface area contributed by atoms with Crippen LogP contribution < -0.4 is 34.3 Å². The van der Waals surface area contributed by atoms with E-state index in [0.29, 0.717) is 0 Å². The molecule has 0 unspecified atom stereocenters. The van der Waals surface area contributed by atoms with Gasteiger partial charge in [0.25, 0.3) is 0 Å². The molecular formula is C4H8NNaO5S. The summed E-state index contributed by atoms with van der Waals surface area (Å²) < 4.78 is 35.4. The van der Waals surface area contributed by atoms with Gasteiger partial charge in [0.05, 0.1) is 13.5 Å². The Kier molecular flexibility index (Phi) is 8.43. The first-order chi connectivity index (χ1) is 4.95. The topological polar surface area (TPSA) is 95.5 Å². The minimum Gasteiger partial charge on any atom is -0.735 e. The fourth-order valence-corrected chi connectivity index (χ4v) is 0.732. The molecule has 0 aromatic heterocycles. The standard InChI is InChI=1S/C4H9NO5S.Na/c1-10-4(6)2-3-5-11(7,8)9;/h5H,2-3H2,1H3,(H,7,8,9);/q;+1/p-1. The zero-order valence-corrected chi connectivity index (χ0v) is 9.68. The fourth-order valence-electron chi connectivity index (χ4n) is 0.380. The van der Waals surface area contributed by atoms with E-state index in [1.807, 2.05) is 0 Å². The maximum absolute atomic E-state index is 10.3. The van der Waals surface area contributed by atoms with Crippen molar-refractivity contribution in [2.24, 2.45) is 0 Å². The number of carbonyl (C=O) groups is 1. The van der Waals surface area contributed by atoms with Crippen molar-refractivity contribution in [1.29, 1.82) is 0 Å². The molecule has 0 bridgehead atoms. The van der Waals surface area contributed by atoms with Gasteiger partial charge >= 0.3 is 35.5 Å². The van der Waals surface area contributed by atoms with Crippen molar-refractivity contribution in [3.63, 3.8) is 0 Å². The van der Waals surface area contributed by atoms with E-state index in [9.17, 15) is 17.8 Å². The summed E-state index contributed by atoms with van der Waals surface area (Å²) in [6, 6.07) is 0. The van der Waals surface area contributed by atoms with Gasteiger partial charge < -0.3 is 9.29 Å². The summed E-state index contributed by atoms with van der Waals surface area (Å²) in [6.45, 7) is -0.224. The molecule has 0 amide bonds. The van der Waals surface area contributed by atoms with Crippen molar-refractivity contribution in [2.45, 2.75) is 6.42 Å². The average Bonchev–Trinajstić information content (AvgIpc) is 1.85. The number of rotatable bonds is 4. The van der Waals surface area contributed by atoms with Gasteiger partial charge in [0.1, 0.15) is 0 Å². The SMILES string of the molecule is COC(=O)CCNS(=O)(=O)[O-].[Na+]. The summed E-state index contributed by atoms with van der Waals surface area (Å²) in [5.74, 6) is -0.568. The third-order valence-corrected chi connectivity index (χ3v) is 1.39. The zero-order chi connectivity index (χ0) is 8.91. The molecule has 12 heavy (non-hydrogen) atoms. The first kappa shape index (κ1) is 14.8. The maximum atomic E-state index is 10.3. The van der Waals surface area contributed by atoms with Gasteiger partial charge in [0.2, 0.25) is 0 Å². The van der Waals surface area contributed by atoms with Crippen molar-refractivity contribution < 1.29 is 52.1 Å². The van der Waals surface area contributed by atoms with Crippen LogP contribution in [0.3, 0.4) is 0 Å². The van der Waals surface area contributed by atoms with Crippen molar-refractivity contribution in [3.05, 3.63) is 0 Å². The molecule has 1 N–H and O–H groups in total. The largest absolute Gasteiger partial charge is 1.00 e. The summed E-state index contributed by atoms with van der Waals surface area (Å²) in [5.41, 5.74) is 0. The first-order valence-corrected chi connectivity index (χ1v) is 4.14. The number of nitrogens with one attached hydrogen (secondary N) is 1. The number of esters is 1. The number of carbonyl (C=O) groups excluding carboxylic acids is 1. The van der Waals surface area contributed by atoms with Gasteiger partial charge in [-0.25, -0.2) is 13.1 Å². The van der Waals surface area contributed by atoms with Crippen molar-refractivity contribution in [3.8, 4) is 0 Å². The van der Waals surface area contributed by atoms with Crippen LogP contribution >= 0.6 is 0 Å². The zero-order valence-electron chi connectivity index (χ0n) is 6.86. The van der Waals surface area contributed by atoms with Crippen LogP contribution in [-0.2, 0) is 19.8 Å². The molecule has 66 valence electrons. The van der Waals surface area contributed by atoms with E-state index in [2.05, 4.69) is 4.74 Å². The molecule has 0 atom stereocenters. The predicted molar refractivity (Wildman–Crippen MR) is 34.3 cm³/mol. The summed E-state index contributed by atoms with van der Waals surface area (Å²) >= 11 is 0.